The van der Waals surface area contributed by atoms with Gasteiger partial charge in [0.1, 0.15) is 23.1 Å². The Kier molecular flexibility index (Phi) is 6.81. The van der Waals surface area contributed by atoms with Crippen molar-refractivity contribution in [2.45, 2.75) is 0 Å². The summed E-state index contributed by atoms with van der Waals surface area (Å²) in [5.74, 6) is -1.82. The van der Waals surface area contributed by atoms with Gasteiger partial charge in [0.2, 0.25) is 0 Å². The Balaban J connectivity index is 1.37. The Morgan fingerprint density at radius 2 is 1.14 bits per heavy atom. The molecular weight excluding hydrogens is 450 g/mol. The zero-order valence-electron chi connectivity index (χ0n) is 18.2. The molecule has 4 aromatic rings. The molecule has 0 spiro atoms. The maximum atomic E-state index is 14.5. The number of benzene rings is 4. The molecule has 4 rings (SSSR count). The third kappa shape index (κ3) is 5.50. The molecule has 0 aliphatic rings. The summed E-state index contributed by atoms with van der Waals surface area (Å²) in [6, 6.07) is 25.0. The third-order valence-corrected chi connectivity index (χ3v) is 5.12. The van der Waals surface area contributed by atoms with E-state index in [1.165, 1.54) is 24.3 Å². The first-order valence-electron chi connectivity index (χ1n) is 10.4. The van der Waals surface area contributed by atoms with E-state index in [1.807, 2.05) is 12.1 Å². The summed E-state index contributed by atoms with van der Waals surface area (Å²) in [6.07, 6.45) is 0. The molecule has 0 heterocycles. The summed E-state index contributed by atoms with van der Waals surface area (Å²) < 4.78 is 39.5. The van der Waals surface area contributed by atoms with Crippen LogP contribution in [0.15, 0.2) is 84.9 Å². The summed E-state index contributed by atoms with van der Waals surface area (Å²) in [4.78, 5) is 12.1. The van der Waals surface area contributed by atoms with Crippen LogP contribution in [0.1, 0.15) is 11.1 Å². The van der Waals surface area contributed by atoms with E-state index in [9.17, 15) is 13.6 Å². The molecule has 170 valence electrons. The van der Waals surface area contributed by atoms with Crippen molar-refractivity contribution in [1.82, 2.24) is 0 Å². The van der Waals surface area contributed by atoms with Gasteiger partial charge in [-0.15, -0.1) is 0 Å². The Hall–Kier alpha value is -5.01. The molecule has 0 saturated heterocycles. The van der Waals surface area contributed by atoms with E-state index in [1.54, 1.807) is 48.5 Å². The molecule has 7 heteroatoms. The fourth-order valence-electron chi connectivity index (χ4n) is 3.36. The lowest BCUT2D eigenvalue weighted by molar-refractivity contribution is -0.136. The van der Waals surface area contributed by atoms with Crippen LogP contribution in [0.25, 0.3) is 22.3 Å². The van der Waals surface area contributed by atoms with Crippen molar-refractivity contribution in [1.29, 1.82) is 10.5 Å². The van der Waals surface area contributed by atoms with Crippen molar-refractivity contribution in [3.8, 4) is 45.9 Å². The second-order valence-corrected chi connectivity index (χ2v) is 7.42. The van der Waals surface area contributed by atoms with Crippen molar-refractivity contribution >= 4 is 5.97 Å². The molecule has 0 aliphatic carbocycles. The first-order chi connectivity index (χ1) is 17.0. The van der Waals surface area contributed by atoms with E-state index < -0.39 is 24.2 Å². The highest BCUT2D eigenvalue weighted by molar-refractivity contribution is 5.75. The van der Waals surface area contributed by atoms with Gasteiger partial charge < -0.3 is 9.47 Å². The smallest absolute Gasteiger partial charge is 0.349 e. The van der Waals surface area contributed by atoms with E-state index in [0.29, 0.717) is 33.4 Å². The summed E-state index contributed by atoms with van der Waals surface area (Å²) in [7, 11) is 0. The van der Waals surface area contributed by atoms with Crippen molar-refractivity contribution < 1.29 is 23.0 Å². The fraction of sp³-hybridized carbons (Fsp3) is 0.0357. The highest BCUT2D eigenvalue weighted by atomic mass is 19.1. The molecule has 5 nitrogen and oxygen atoms in total. The molecule has 0 unspecified atom stereocenters. The van der Waals surface area contributed by atoms with Crippen molar-refractivity contribution in [3.63, 3.8) is 0 Å². The molecule has 0 radical (unpaired) electrons. The van der Waals surface area contributed by atoms with Gasteiger partial charge in [-0.25, -0.2) is 13.6 Å². The van der Waals surface area contributed by atoms with Gasteiger partial charge in [-0.3, -0.25) is 0 Å². The van der Waals surface area contributed by atoms with Crippen LogP contribution >= 0.6 is 0 Å². The normalized spacial score (nSPS) is 10.2. The highest BCUT2D eigenvalue weighted by Crippen LogP contribution is 2.28. The van der Waals surface area contributed by atoms with E-state index in [0.717, 1.165) is 12.1 Å². The van der Waals surface area contributed by atoms with Gasteiger partial charge in [-0.1, -0.05) is 24.3 Å². The van der Waals surface area contributed by atoms with Gasteiger partial charge in [-0.05, 0) is 59.7 Å². The predicted molar refractivity (Wildman–Crippen MR) is 124 cm³/mol. The highest BCUT2D eigenvalue weighted by Gasteiger charge is 2.12. The Bertz CT molecular complexity index is 1470. The van der Waals surface area contributed by atoms with Crippen LogP contribution in [0.4, 0.5) is 8.78 Å². The number of carbonyl (C=O) groups is 1. The molecule has 0 bridgehead atoms. The SMILES string of the molecule is N#Cc1ccc(-c2ccc(OCC(=O)Oc3ccc(-c4ccc(C#N)cc4)c(F)c3)cc2F)cc1. The quantitative estimate of drug-likeness (QED) is 0.256. The standard InChI is InChI=1S/C28H16F2N2O3/c29-26-13-22(9-11-24(26)20-5-1-18(15-31)2-6-20)34-17-28(33)35-23-10-12-25(27(30)14-23)21-7-3-19(16-32)4-8-21/h1-14H,17H2. The first kappa shape index (κ1) is 23.2. The van der Waals surface area contributed by atoms with Gasteiger partial charge in [0, 0.05) is 23.3 Å². The van der Waals surface area contributed by atoms with Crippen LogP contribution in [-0.4, -0.2) is 12.6 Å². The maximum absolute atomic E-state index is 14.5. The largest absolute Gasteiger partial charge is 0.482 e. The van der Waals surface area contributed by atoms with E-state index in [-0.39, 0.29) is 11.5 Å². The lowest BCUT2D eigenvalue weighted by Crippen LogP contribution is -2.17. The van der Waals surface area contributed by atoms with Crippen LogP contribution in [0.2, 0.25) is 0 Å². The lowest BCUT2D eigenvalue weighted by Gasteiger charge is -2.10. The minimum absolute atomic E-state index is 0.00385. The topological polar surface area (TPSA) is 83.1 Å². The van der Waals surface area contributed by atoms with Crippen molar-refractivity contribution in [2.24, 2.45) is 0 Å². The molecule has 0 aliphatic heterocycles. The number of rotatable bonds is 6. The average molecular weight is 466 g/mol. The molecule has 4 aromatic carbocycles. The summed E-state index contributed by atoms with van der Waals surface area (Å²) in [5, 5.41) is 17.7. The fourth-order valence-corrected chi connectivity index (χ4v) is 3.36. The number of hydrogen-bond donors (Lipinski definition) is 0. The van der Waals surface area contributed by atoms with E-state index in [2.05, 4.69) is 0 Å². The van der Waals surface area contributed by atoms with E-state index in [4.69, 9.17) is 20.0 Å². The van der Waals surface area contributed by atoms with Crippen LogP contribution in [0, 0.1) is 34.3 Å². The number of esters is 1. The van der Waals surface area contributed by atoms with Gasteiger partial charge in [-0.2, -0.15) is 10.5 Å². The zero-order valence-corrected chi connectivity index (χ0v) is 18.2. The molecule has 35 heavy (non-hydrogen) atoms. The van der Waals surface area contributed by atoms with Gasteiger partial charge in [0.25, 0.3) is 0 Å². The Morgan fingerprint density at radius 3 is 1.60 bits per heavy atom. The molecule has 0 N–H and O–H groups in total. The summed E-state index contributed by atoms with van der Waals surface area (Å²) in [6.45, 7) is -0.505. The Morgan fingerprint density at radius 1 is 0.686 bits per heavy atom. The minimum atomic E-state index is -0.785. The van der Waals surface area contributed by atoms with Crippen LogP contribution in [-0.2, 0) is 4.79 Å². The predicted octanol–water partition coefficient (Wildman–Crippen LogP) is 6.03. The van der Waals surface area contributed by atoms with Crippen LogP contribution < -0.4 is 9.47 Å². The zero-order chi connectivity index (χ0) is 24.8. The number of halogens is 2. The molecule has 0 amide bonds. The van der Waals surface area contributed by atoms with Crippen molar-refractivity contribution in [2.75, 3.05) is 6.61 Å². The molecule has 0 aromatic heterocycles. The number of hydrogen-bond acceptors (Lipinski definition) is 5. The second-order valence-electron chi connectivity index (χ2n) is 7.42. The average Bonchev–Trinajstić information content (AvgIpc) is 2.88. The molecule has 0 fully saturated rings. The maximum Gasteiger partial charge on any atom is 0.349 e. The number of nitrogens with zero attached hydrogens (tertiary/aromatic N) is 2. The third-order valence-electron chi connectivity index (χ3n) is 5.12. The monoisotopic (exact) mass is 466 g/mol. The second kappa shape index (κ2) is 10.3. The number of ether oxygens (including phenoxy) is 2. The lowest BCUT2D eigenvalue weighted by atomic mass is 10.0. The summed E-state index contributed by atoms with van der Waals surface area (Å²) >= 11 is 0. The van der Waals surface area contributed by atoms with Gasteiger partial charge in [0.15, 0.2) is 6.61 Å². The first-order valence-corrected chi connectivity index (χ1v) is 10.4. The molecule has 0 saturated carbocycles. The minimum Gasteiger partial charge on any atom is -0.482 e. The van der Waals surface area contributed by atoms with Crippen molar-refractivity contribution in [3.05, 3.63) is 108 Å². The van der Waals surface area contributed by atoms with Crippen LogP contribution in [0.3, 0.4) is 0 Å². The van der Waals surface area contributed by atoms with Gasteiger partial charge in [0.05, 0.1) is 23.3 Å². The molecular formula is C28H16F2N2O3. The molecule has 0 atom stereocenters. The number of carbonyl (C=O) groups excluding carboxylic acids is 1. The van der Waals surface area contributed by atoms with Crippen LogP contribution in [0.5, 0.6) is 11.5 Å². The number of nitriles is 2. The summed E-state index contributed by atoms with van der Waals surface area (Å²) in [5.41, 5.74) is 2.72. The Labute approximate surface area is 200 Å². The van der Waals surface area contributed by atoms with E-state index >= 15 is 0 Å². The van der Waals surface area contributed by atoms with Gasteiger partial charge >= 0.3 is 5.97 Å².